The first kappa shape index (κ1) is 20.5. The number of ether oxygens (including phenoxy) is 2. The van der Waals surface area contributed by atoms with Gasteiger partial charge in [0.05, 0.1) is 31.6 Å². The zero-order chi connectivity index (χ0) is 21.6. The number of nitrogens with two attached hydrogens (primary N) is 1. The van der Waals surface area contributed by atoms with Crippen LogP contribution in [0.2, 0.25) is 0 Å². The monoisotopic (exact) mass is 419 g/mol. The summed E-state index contributed by atoms with van der Waals surface area (Å²) < 4.78 is 10.6. The van der Waals surface area contributed by atoms with Crippen molar-refractivity contribution >= 4 is 34.5 Å². The second kappa shape index (κ2) is 9.36. The van der Waals surface area contributed by atoms with Crippen molar-refractivity contribution in [2.75, 3.05) is 48.9 Å². The van der Waals surface area contributed by atoms with E-state index < -0.39 is 5.91 Å². The summed E-state index contributed by atoms with van der Waals surface area (Å²) in [5.41, 5.74) is 9.29. The zero-order valence-corrected chi connectivity index (χ0v) is 17.3. The highest BCUT2D eigenvalue weighted by Gasteiger charge is 2.13. The number of hydrogen-bond donors (Lipinski definition) is 3. The molecule has 0 unspecified atom stereocenters. The van der Waals surface area contributed by atoms with Crippen LogP contribution in [0.25, 0.3) is 0 Å². The molecule has 1 aliphatic heterocycles. The van der Waals surface area contributed by atoms with Gasteiger partial charge in [0.2, 0.25) is 0 Å². The number of anilines is 5. The summed E-state index contributed by atoms with van der Waals surface area (Å²) in [6, 6.07) is 17.3. The molecule has 0 saturated carbocycles. The first-order chi connectivity index (χ1) is 15.1. The molecule has 8 nitrogen and oxygen atoms in total. The van der Waals surface area contributed by atoms with Gasteiger partial charge < -0.3 is 30.7 Å². The average Bonchev–Trinajstić information content (AvgIpc) is 2.81. The van der Waals surface area contributed by atoms with E-state index in [-0.39, 0.29) is 0 Å². The van der Waals surface area contributed by atoms with Crippen LogP contribution < -0.4 is 26.0 Å². The highest BCUT2D eigenvalue weighted by Crippen LogP contribution is 2.27. The number of amides is 1. The van der Waals surface area contributed by atoms with Gasteiger partial charge in [0.1, 0.15) is 11.6 Å². The van der Waals surface area contributed by atoms with Crippen molar-refractivity contribution in [1.29, 1.82) is 0 Å². The van der Waals surface area contributed by atoms with Crippen molar-refractivity contribution in [1.82, 2.24) is 4.98 Å². The Hall–Kier alpha value is -3.78. The minimum atomic E-state index is -0.545. The Morgan fingerprint density at radius 2 is 1.68 bits per heavy atom. The first-order valence-electron chi connectivity index (χ1n) is 10.0. The molecule has 1 aromatic heterocycles. The van der Waals surface area contributed by atoms with Gasteiger partial charge in [-0.3, -0.25) is 4.79 Å². The fourth-order valence-corrected chi connectivity index (χ4v) is 3.38. The molecule has 3 aromatic rings. The lowest BCUT2D eigenvalue weighted by Gasteiger charge is -2.29. The molecule has 8 heteroatoms. The third-order valence-corrected chi connectivity index (χ3v) is 5.05. The topological polar surface area (TPSA) is 102 Å². The van der Waals surface area contributed by atoms with E-state index in [1.165, 1.54) is 6.20 Å². The fraction of sp³-hybridized carbons (Fsp3) is 0.217. The van der Waals surface area contributed by atoms with Gasteiger partial charge >= 0.3 is 0 Å². The lowest BCUT2D eigenvalue weighted by Crippen LogP contribution is -2.36. The molecule has 160 valence electrons. The number of primary amides is 1. The number of methoxy groups -OCH3 is 1. The Balaban J connectivity index is 1.52. The standard InChI is InChI=1S/C23H25N5O3/c1-30-19-8-4-17(5-9-19)27-22-14-21(20(15-25-22)23(24)29)26-16-2-6-18(7-3-16)28-10-12-31-13-11-28/h2-9,14-15H,10-13H2,1H3,(H2,24,29)(H2,25,26,27). The summed E-state index contributed by atoms with van der Waals surface area (Å²) in [5.74, 6) is 0.809. The second-order valence-corrected chi connectivity index (χ2v) is 7.10. The quantitative estimate of drug-likeness (QED) is 0.539. The predicted molar refractivity (Wildman–Crippen MR) is 122 cm³/mol. The van der Waals surface area contributed by atoms with Crippen molar-refractivity contribution in [3.05, 3.63) is 66.4 Å². The SMILES string of the molecule is COc1ccc(Nc2cc(Nc3ccc(N4CCOCC4)cc3)c(C(N)=O)cn2)cc1. The number of aromatic nitrogens is 1. The van der Waals surface area contributed by atoms with Gasteiger partial charge in [-0.25, -0.2) is 4.98 Å². The fourth-order valence-electron chi connectivity index (χ4n) is 3.38. The summed E-state index contributed by atoms with van der Waals surface area (Å²) >= 11 is 0. The molecule has 2 heterocycles. The third-order valence-electron chi connectivity index (χ3n) is 5.05. The van der Waals surface area contributed by atoms with Crippen molar-refractivity contribution < 1.29 is 14.3 Å². The van der Waals surface area contributed by atoms with Crippen LogP contribution in [0, 0.1) is 0 Å². The van der Waals surface area contributed by atoms with Gasteiger partial charge in [-0.05, 0) is 48.5 Å². The highest BCUT2D eigenvalue weighted by atomic mass is 16.5. The number of carbonyl (C=O) groups excluding carboxylic acids is 1. The Bertz CT molecular complexity index is 1030. The van der Waals surface area contributed by atoms with Gasteiger partial charge in [0.25, 0.3) is 5.91 Å². The van der Waals surface area contributed by atoms with Crippen LogP contribution >= 0.6 is 0 Å². The second-order valence-electron chi connectivity index (χ2n) is 7.10. The number of rotatable bonds is 7. The van der Waals surface area contributed by atoms with E-state index in [1.807, 2.05) is 36.4 Å². The van der Waals surface area contributed by atoms with Crippen molar-refractivity contribution in [3.63, 3.8) is 0 Å². The lowest BCUT2D eigenvalue weighted by atomic mass is 10.2. The number of benzene rings is 2. The maximum Gasteiger partial charge on any atom is 0.252 e. The number of hydrogen-bond acceptors (Lipinski definition) is 7. The highest BCUT2D eigenvalue weighted by molar-refractivity contribution is 5.99. The van der Waals surface area contributed by atoms with E-state index in [9.17, 15) is 4.79 Å². The first-order valence-corrected chi connectivity index (χ1v) is 10.0. The molecule has 0 bridgehead atoms. The van der Waals surface area contributed by atoms with E-state index in [0.717, 1.165) is 49.1 Å². The zero-order valence-electron chi connectivity index (χ0n) is 17.3. The molecule has 0 radical (unpaired) electrons. The average molecular weight is 419 g/mol. The molecule has 1 amide bonds. The summed E-state index contributed by atoms with van der Waals surface area (Å²) in [7, 11) is 1.62. The van der Waals surface area contributed by atoms with E-state index in [0.29, 0.717) is 17.1 Å². The number of nitrogens with zero attached hydrogens (tertiary/aromatic N) is 2. The van der Waals surface area contributed by atoms with Crippen LogP contribution in [0.4, 0.5) is 28.6 Å². The summed E-state index contributed by atoms with van der Waals surface area (Å²) in [4.78, 5) is 18.5. The molecule has 31 heavy (non-hydrogen) atoms. The van der Waals surface area contributed by atoms with E-state index in [4.69, 9.17) is 15.2 Å². The van der Waals surface area contributed by atoms with E-state index in [1.54, 1.807) is 13.2 Å². The molecular weight excluding hydrogens is 394 g/mol. The third kappa shape index (κ3) is 5.04. The van der Waals surface area contributed by atoms with Gasteiger partial charge in [-0.15, -0.1) is 0 Å². The smallest absolute Gasteiger partial charge is 0.252 e. The molecule has 0 aliphatic carbocycles. The molecule has 1 fully saturated rings. The normalized spacial score (nSPS) is 13.5. The molecule has 0 spiro atoms. The molecule has 2 aromatic carbocycles. The van der Waals surface area contributed by atoms with Crippen molar-refractivity contribution in [3.8, 4) is 5.75 Å². The Kier molecular flexibility index (Phi) is 6.18. The molecule has 4 rings (SSSR count). The van der Waals surface area contributed by atoms with Crippen LogP contribution in [-0.4, -0.2) is 44.3 Å². The molecule has 4 N–H and O–H groups in total. The molecular formula is C23H25N5O3. The van der Waals surface area contributed by atoms with Gasteiger partial charge in [-0.1, -0.05) is 0 Å². The Morgan fingerprint density at radius 1 is 1.03 bits per heavy atom. The van der Waals surface area contributed by atoms with Crippen LogP contribution in [0.1, 0.15) is 10.4 Å². The van der Waals surface area contributed by atoms with E-state index >= 15 is 0 Å². The van der Waals surface area contributed by atoms with Crippen LogP contribution in [0.15, 0.2) is 60.8 Å². The lowest BCUT2D eigenvalue weighted by molar-refractivity contribution is 0.100. The minimum absolute atomic E-state index is 0.317. The van der Waals surface area contributed by atoms with Crippen molar-refractivity contribution in [2.45, 2.75) is 0 Å². The van der Waals surface area contributed by atoms with Crippen LogP contribution in [0.3, 0.4) is 0 Å². The van der Waals surface area contributed by atoms with Crippen LogP contribution in [0.5, 0.6) is 5.75 Å². The molecule has 0 atom stereocenters. The minimum Gasteiger partial charge on any atom is -0.497 e. The largest absolute Gasteiger partial charge is 0.497 e. The maximum atomic E-state index is 11.9. The van der Waals surface area contributed by atoms with Gasteiger partial charge in [0.15, 0.2) is 0 Å². The Labute approximate surface area is 181 Å². The summed E-state index contributed by atoms with van der Waals surface area (Å²) in [5, 5.41) is 6.51. The number of nitrogens with one attached hydrogen (secondary N) is 2. The summed E-state index contributed by atoms with van der Waals surface area (Å²) in [6.07, 6.45) is 1.47. The number of morpholine rings is 1. The molecule has 1 aliphatic rings. The maximum absolute atomic E-state index is 11.9. The summed E-state index contributed by atoms with van der Waals surface area (Å²) in [6.45, 7) is 3.23. The van der Waals surface area contributed by atoms with Crippen molar-refractivity contribution in [2.24, 2.45) is 5.73 Å². The number of pyridine rings is 1. The predicted octanol–water partition coefficient (Wildman–Crippen LogP) is 3.51. The van der Waals surface area contributed by atoms with Gasteiger partial charge in [-0.2, -0.15) is 0 Å². The van der Waals surface area contributed by atoms with E-state index in [2.05, 4.69) is 32.7 Å². The van der Waals surface area contributed by atoms with Gasteiger partial charge in [0, 0.05) is 42.4 Å². The number of carbonyl (C=O) groups is 1. The molecule has 1 saturated heterocycles. The van der Waals surface area contributed by atoms with Crippen LogP contribution in [-0.2, 0) is 4.74 Å². The Morgan fingerprint density at radius 3 is 2.32 bits per heavy atom.